The van der Waals surface area contributed by atoms with Gasteiger partial charge < -0.3 is 10.1 Å². The van der Waals surface area contributed by atoms with E-state index < -0.39 is 5.91 Å². The van der Waals surface area contributed by atoms with E-state index in [2.05, 4.69) is 10.4 Å². The van der Waals surface area contributed by atoms with Crippen LogP contribution in [0.5, 0.6) is 5.75 Å². The molecule has 0 saturated heterocycles. The van der Waals surface area contributed by atoms with Crippen molar-refractivity contribution in [3.63, 3.8) is 0 Å². The van der Waals surface area contributed by atoms with E-state index in [9.17, 15) is 9.59 Å². The molecule has 0 radical (unpaired) electrons. The Morgan fingerprint density at radius 3 is 2.06 bits per heavy atom. The van der Waals surface area contributed by atoms with Crippen molar-refractivity contribution in [1.82, 2.24) is 9.78 Å². The molecule has 0 aliphatic rings. The number of aromatic nitrogens is 2. The summed E-state index contributed by atoms with van der Waals surface area (Å²) >= 11 is 12.1. The standard InChI is InChI=1S/C25H19Cl2N3O3/c1-15-23(31)22(16-3-7-18(26)8-4-16)24(30(29-15)20-11-9-19(27)10-12-20)28-25(32)17-5-13-21(33-2)14-6-17/h3-14H,1-2H3,(H,28,32). The molecule has 166 valence electrons. The van der Waals surface area contributed by atoms with Crippen molar-refractivity contribution in [3.8, 4) is 22.6 Å². The number of nitrogens with one attached hydrogen (secondary N) is 1. The Bertz CT molecular complexity index is 1360. The fourth-order valence-electron chi connectivity index (χ4n) is 3.33. The number of rotatable bonds is 5. The van der Waals surface area contributed by atoms with Gasteiger partial charge in [0.15, 0.2) is 0 Å². The number of methoxy groups -OCH3 is 1. The zero-order valence-corrected chi connectivity index (χ0v) is 19.3. The molecule has 4 rings (SSSR count). The number of anilines is 1. The van der Waals surface area contributed by atoms with E-state index in [1.54, 1.807) is 86.8 Å². The van der Waals surface area contributed by atoms with Crippen molar-refractivity contribution in [3.05, 3.63) is 104 Å². The Labute approximate surface area is 200 Å². The molecule has 0 fully saturated rings. The first-order valence-electron chi connectivity index (χ1n) is 9.98. The van der Waals surface area contributed by atoms with E-state index in [0.29, 0.717) is 38.2 Å². The monoisotopic (exact) mass is 479 g/mol. The topological polar surface area (TPSA) is 73.2 Å². The van der Waals surface area contributed by atoms with Gasteiger partial charge in [-0.25, -0.2) is 4.68 Å². The summed E-state index contributed by atoms with van der Waals surface area (Å²) in [6.07, 6.45) is 0. The van der Waals surface area contributed by atoms with Gasteiger partial charge in [-0.15, -0.1) is 0 Å². The summed E-state index contributed by atoms with van der Waals surface area (Å²) in [6.45, 7) is 1.63. The summed E-state index contributed by atoms with van der Waals surface area (Å²) in [7, 11) is 1.55. The lowest BCUT2D eigenvalue weighted by Gasteiger charge is -2.18. The van der Waals surface area contributed by atoms with Crippen molar-refractivity contribution in [2.45, 2.75) is 6.92 Å². The van der Waals surface area contributed by atoms with Gasteiger partial charge in [0.1, 0.15) is 17.3 Å². The molecule has 0 spiro atoms. The Morgan fingerprint density at radius 1 is 0.909 bits per heavy atom. The number of hydrogen-bond donors (Lipinski definition) is 1. The fourth-order valence-corrected chi connectivity index (χ4v) is 3.58. The van der Waals surface area contributed by atoms with Crippen LogP contribution in [0.15, 0.2) is 77.6 Å². The first-order chi connectivity index (χ1) is 15.9. The maximum atomic E-state index is 13.2. The molecule has 0 aliphatic carbocycles. The van der Waals surface area contributed by atoms with E-state index in [4.69, 9.17) is 27.9 Å². The highest BCUT2D eigenvalue weighted by atomic mass is 35.5. The maximum Gasteiger partial charge on any atom is 0.256 e. The van der Waals surface area contributed by atoms with Crippen molar-refractivity contribution in [2.24, 2.45) is 0 Å². The Balaban J connectivity index is 1.91. The van der Waals surface area contributed by atoms with Crippen LogP contribution in [0.25, 0.3) is 16.8 Å². The van der Waals surface area contributed by atoms with Crippen LogP contribution >= 0.6 is 23.2 Å². The second-order valence-corrected chi connectivity index (χ2v) is 8.09. The summed E-state index contributed by atoms with van der Waals surface area (Å²) < 4.78 is 6.69. The first-order valence-corrected chi connectivity index (χ1v) is 10.7. The van der Waals surface area contributed by atoms with Crippen LogP contribution in [0.3, 0.4) is 0 Å². The smallest absolute Gasteiger partial charge is 0.256 e. The summed E-state index contributed by atoms with van der Waals surface area (Å²) in [5.74, 6) is 0.458. The molecule has 1 heterocycles. The molecule has 0 aliphatic heterocycles. The number of nitrogens with zero attached hydrogens (tertiary/aromatic N) is 2. The molecule has 1 N–H and O–H groups in total. The van der Waals surface area contributed by atoms with Crippen molar-refractivity contribution < 1.29 is 9.53 Å². The third-order valence-electron chi connectivity index (χ3n) is 5.04. The number of carbonyl (C=O) groups is 1. The zero-order valence-electron chi connectivity index (χ0n) is 17.8. The molecule has 33 heavy (non-hydrogen) atoms. The van der Waals surface area contributed by atoms with Crippen LogP contribution in [0.1, 0.15) is 16.1 Å². The molecule has 3 aromatic carbocycles. The Morgan fingerprint density at radius 2 is 1.48 bits per heavy atom. The average Bonchev–Trinajstić information content (AvgIpc) is 2.83. The van der Waals surface area contributed by atoms with Gasteiger partial charge >= 0.3 is 0 Å². The molecule has 0 atom stereocenters. The number of aryl methyl sites for hydroxylation is 1. The van der Waals surface area contributed by atoms with Crippen LogP contribution in [-0.4, -0.2) is 22.8 Å². The Kier molecular flexibility index (Phi) is 6.49. The van der Waals surface area contributed by atoms with Crippen LogP contribution in [0.4, 0.5) is 5.82 Å². The minimum Gasteiger partial charge on any atom is -0.497 e. The molecular weight excluding hydrogens is 461 g/mol. The van der Waals surface area contributed by atoms with Crippen LogP contribution < -0.4 is 15.5 Å². The SMILES string of the molecule is COc1ccc(C(=O)Nc2c(-c3ccc(Cl)cc3)c(=O)c(C)nn2-c2ccc(Cl)cc2)cc1. The minimum absolute atomic E-state index is 0.232. The van der Waals surface area contributed by atoms with Crippen molar-refractivity contribution in [2.75, 3.05) is 12.4 Å². The normalized spacial score (nSPS) is 10.7. The van der Waals surface area contributed by atoms with E-state index >= 15 is 0 Å². The predicted molar refractivity (Wildman–Crippen MR) is 131 cm³/mol. The van der Waals surface area contributed by atoms with Gasteiger partial charge in [-0.2, -0.15) is 5.10 Å². The lowest BCUT2D eigenvalue weighted by molar-refractivity contribution is 0.102. The number of ether oxygens (including phenoxy) is 1. The first kappa shape index (κ1) is 22.6. The van der Waals surface area contributed by atoms with E-state index in [-0.39, 0.29) is 16.9 Å². The number of benzene rings is 3. The molecule has 4 aromatic rings. The molecule has 1 aromatic heterocycles. The van der Waals surface area contributed by atoms with Crippen LogP contribution in [-0.2, 0) is 0 Å². The lowest BCUT2D eigenvalue weighted by Crippen LogP contribution is -2.24. The predicted octanol–water partition coefficient (Wildman–Crippen LogP) is 5.78. The van der Waals surface area contributed by atoms with Gasteiger partial charge in [0.2, 0.25) is 5.43 Å². The molecular formula is C25H19Cl2N3O3. The number of hydrogen-bond acceptors (Lipinski definition) is 4. The average molecular weight is 480 g/mol. The molecule has 1 amide bonds. The van der Waals surface area contributed by atoms with Gasteiger partial charge in [0.25, 0.3) is 5.91 Å². The maximum absolute atomic E-state index is 13.2. The van der Waals surface area contributed by atoms with E-state index in [1.807, 2.05) is 0 Å². The molecule has 0 saturated carbocycles. The number of carbonyl (C=O) groups excluding carboxylic acids is 1. The quantitative estimate of drug-likeness (QED) is 0.393. The fraction of sp³-hybridized carbons (Fsp3) is 0.0800. The summed E-state index contributed by atoms with van der Waals surface area (Å²) in [4.78, 5) is 26.4. The van der Waals surface area contributed by atoms with Gasteiger partial charge in [-0.3, -0.25) is 9.59 Å². The molecule has 8 heteroatoms. The third kappa shape index (κ3) is 4.77. The van der Waals surface area contributed by atoms with Crippen LogP contribution in [0.2, 0.25) is 10.0 Å². The summed E-state index contributed by atoms with van der Waals surface area (Å²) in [6, 6.07) is 20.4. The van der Waals surface area contributed by atoms with Crippen LogP contribution in [0, 0.1) is 6.92 Å². The lowest BCUT2D eigenvalue weighted by atomic mass is 10.0. The summed E-state index contributed by atoms with van der Waals surface area (Å²) in [5, 5.41) is 8.42. The van der Waals surface area contributed by atoms with Gasteiger partial charge in [-0.1, -0.05) is 35.3 Å². The van der Waals surface area contributed by atoms with Gasteiger partial charge in [-0.05, 0) is 73.2 Å². The second-order valence-electron chi connectivity index (χ2n) is 7.22. The van der Waals surface area contributed by atoms with Gasteiger partial charge in [0, 0.05) is 15.6 Å². The minimum atomic E-state index is -0.402. The van der Waals surface area contributed by atoms with Crippen molar-refractivity contribution >= 4 is 34.9 Å². The highest BCUT2D eigenvalue weighted by Crippen LogP contribution is 2.29. The van der Waals surface area contributed by atoms with Gasteiger partial charge in [0.05, 0.1) is 18.4 Å². The molecule has 6 nitrogen and oxygen atoms in total. The third-order valence-corrected chi connectivity index (χ3v) is 5.55. The van der Waals surface area contributed by atoms with E-state index in [0.717, 1.165) is 0 Å². The highest BCUT2D eigenvalue weighted by molar-refractivity contribution is 6.30. The van der Waals surface area contributed by atoms with E-state index in [1.165, 1.54) is 4.68 Å². The molecule has 0 unspecified atom stereocenters. The zero-order chi connectivity index (χ0) is 23.5. The largest absolute Gasteiger partial charge is 0.497 e. The molecule has 0 bridgehead atoms. The second kappa shape index (κ2) is 9.48. The number of amides is 1. The number of halogens is 2. The Hall–Kier alpha value is -3.61. The highest BCUT2D eigenvalue weighted by Gasteiger charge is 2.21. The summed E-state index contributed by atoms with van der Waals surface area (Å²) in [5.41, 5.74) is 1.90. The van der Waals surface area contributed by atoms with Crippen molar-refractivity contribution in [1.29, 1.82) is 0 Å².